The van der Waals surface area contributed by atoms with E-state index in [-0.39, 0.29) is 5.57 Å². The van der Waals surface area contributed by atoms with E-state index in [0.29, 0.717) is 12.8 Å². The highest BCUT2D eigenvalue weighted by atomic mass is 19.1. The van der Waals surface area contributed by atoms with E-state index in [1.54, 1.807) is 0 Å². The molecule has 1 fully saturated rings. The molecule has 1 saturated heterocycles. The Balaban J connectivity index is 2.27. The highest BCUT2D eigenvalue weighted by molar-refractivity contribution is 6.54. The summed E-state index contributed by atoms with van der Waals surface area (Å²) in [6.07, 6.45) is 4.18. The predicted molar refractivity (Wildman–Crippen MR) is 71.9 cm³/mol. The maximum Gasteiger partial charge on any atom is 0.525 e. The maximum atomic E-state index is 14.5. The summed E-state index contributed by atoms with van der Waals surface area (Å²) in [4.78, 5) is 0. The van der Waals surface area contributed by atoms with Crippen molar-refractivity contribution < 1.29 is 18.1 Å². The summed E-state index contributed by atoms with van der Waals surface area (Å²) < 4.78 is 39.5. The van der Waals surface area contributed by atoms with E-state index in [1.807, 2.05) is 27.7 Å². The molecule has 0 aromatic carbocycles. The lowest BCUT2D eigenvalue weighted by atomic mass is 9.83. The second kappa shape index (κ2) is 5.02. The van der Waals surface area contributed by atoms with Crippen molar-refractivity contribution in [1.29, 1.82) is 0 Å². The summed E-state index contributed by atoms with van der Waals surface area (Å²) in [7, 11) is -1.10. The van der Waals surface area contributed by atoms with Crippen LogP contribution >= 0.6 is 0 Å². The lowest BCUT2D eigenvalue weighted by molar-refractivity contribution is 0.00578. The number of rotatable bonds is 1. The molecule has 19 heavy (non-hydrogen) atoms. The maximum absolute atomic E-state index is 14.5. The zero-order chi connectivity index (χ0) is 14.3. The van der Waals surface area contributed by atoms with Crippen molar-refractivity contribution in [3.8, 4) is 0 Å². The number of hydrogen-bond acceptors (Lipinski definition) is 2. The summed E-state index contributed by atoms with van der Waals surface area (Å²) in [6, 6.07) is 0. The van der Waals surface area contributed by atoms with Crippen LogP contribution in [-0.2, 0) is 9.31 Å². The molecule has 0 saturated carbocycles. The van der Waals surface area contributed by atoms with Crippen molar-refractivity contribution in [2.45, 2.75) is 64.6 Å². The predicted octanol–water partition coefficient (Wildman–Crippen LogP) is 4.27. The normalized spacial score (nSPS) is 28.9. The Kier molecular flexibility index (Phi) is 3.89. The fraction of sp³-hybridized carbons (Fsp3) is 0.714. The van der Waals surface area contributed by atoms with Gasteiger partial charge in [0.05, 0.1) is 11.2 Å². The van der Waals surface area contributed by atoms with Gasteiger partial charge in [-0.2, -0.15) is 0 Å². The molecule has 1 aliphatic heterocycles. The molecule has 0 amide bonds. The van der Waals surface area contributed by atoms with Crippen LogP contribution < -0.4 is 0 Å². The van der Waals surface area contributed by atoms with Crippen LogP contribution in [0.3, 0.4) is 0 Å². The van der Waals surface area contributed by atoms with Gasteiger partial charge in [0.15, 0.2) is 0 Å². The van der Waals surface area contributed by atoms with Gasteiger partial charge in [0.25, 0.3) is 0 Å². The average Bonchev–Trinajstić information content (AvgIpc) is 2.46. The highest BCUT2D eigenvalue weighted by Gasteiger charge is 2.53. The molecule has 0 atom stereocenters. The molecule has 0 radical (unpaired) electrons. The van der Waals surface area contributed by atoms with Gasteiger partial charge >= 0.3 is 7.12 Å². The quantitative estimate of drug-likeness (QED) is 0.662. The minimum atomic E-state index is -1.10. The third kappa shape index (κ3) is 2.77. The monoisotopic (exact) mass is 270 g/mol. The summed E-state index contributed by atoms with van der Waals surface area (Å²) in [6.45, 7) is 7.41. The summed E-state index contributed by atoms with van der Waals surface area (Å²) >= 11 is 0. The molecule has 1 aliphatic carbocycles. The van der Waals surface area contributed by atoms with Crippen LogP contribution in [-0.4, -0.2) is 18.3 Å². The molecule has 2 nitrogen and oxygen atoms in total. The third-order valence-corrected chi connectivity index (χ3v) is 4.24. The van der Waals surface area contributed by atoms with Gasteiger partial charge in [0, 0.05) is 5.57 Å². The number of hydrogen-bond donors (Lipinski definition) is 0. The molecule has 0 unspecified atom stereocenters. The van der Waals surface area contributed by atoms with E-state index >= 15 is 0 Å². The van der Waals surface area contributed by atoms with Crippen molar-refractivity contribution in [2.24, 2.45) is 0 Å². The molecule has 2 rings (SSSR count). The van der Waals surface area contributed by atoms with E-state index in [2.05, 4.69) is 0 Å². The molecular weight excluding hydrogens is 249 g/mol. The van der Waals surface area contributed by atoms with E-state index in [0.717, 1.165) is 12.8 Å². The standard InChI is InChI=1S/C14H21BF2O2/c1-13(2)14(3,4)19-15(18-13)12(17)10-8-6-5-7-9-11(10)16/h9H,5-8H2,1-4H3. The van der Waals surface area contributed by atoms with Gasteiger partial charge in [-0.1, -0.05) is 0 Å². The van der Waals surface area contributed by atoms with Crippen LogP contribution in [0.4, 0.5) is 8.78 Å². The smallest absolute Gasteiger partial charge is 0.398 e. The van der Waals surface area contributed by atoms with Gasteiger partial charge in [-0.3, -0.25) is 0 Å². The zero-order valence-corrected chi connectivity index (χ0v) is 12.1. The Hall–Kier alpha value is -0.675. The molecule has 0 spiro atoms. The fourth-order valence-corrected chi connectivity index (χ4v) is 2.24. The van der Waals surface area contributed by atoms with Crippen LogP contribution in [0.15, 0.2) is 23.2 Å². The van der Waals surface area contributed by atoms with Crippen molar-refractivity contribution in [1.82, 2.24) is 0 Å². The zero-order valence-electron chi connectivity index (χ0n) is 12.1. The first-order valence-corrected chi connectivity index (χ1v) is 6.85. The minimum absolute atomic E-state index is 0.107. The second-order valence-corrected chi connectivity index (χ2v) is 6.21. The van der Waals surface area contributed by atoms with E-state index < -0.39 is 29.9 Å². The van der Waals surface area contributed by atoms with Crippen LogP contribution in [0.2, 0.25) is 0 Å². The summed E-state index contributed by atoms with van der Waals surface area (Å²) in [5.41, 5.74) is -1.73. The average molecular weight is 270 g/mol. The molecule has 2 aliphatic rings. The molecule has 0 aromatic heterocycles. The second-order valence-electron chi connectivity index (χ2n) is 6.21. The third-order valence-electron chi connectivity index (χ3n) is 4.24. The lowest BCUT2D eigenvalue weighted by Gasteiger charge is -2.32. The van der Waals surface area contributed by atoms with E-state index in [9.17, 15) is 8.78 Å². The Morgan fingerprint density at radius 2 is 1.74 bits per heavy atom. The van der Waals surface area contributed by atoms with Gasteiger partial charge in [0.2, 0.25) is 0 Å². The first-order valence-electron chi connectivity index (χ1n) is 6.85. The largest absolute Gasteiger partial charge is 0.525 e. The van der Waals surface area contributed by atoms with Crippen LogP contribution in [0, 0.1) is 0 Å². The first kappa shape index (κ1) is 14.7. The highest BCUT2D eigenvalue weighted by Crippen LogP contribution is 2.40. The number of allylic oxidation sites excluding steroid dienone is 3. The SMILES string of the molecule is CC1(C)OB(C(F)=C2CCCCC=C2F)OC1(C)C. The first-order chi connectivity index (χ1) is 8.74. The van der Waals surface area contributed by atoms with Crippen LogP contribution in [0.25, 0.3) is 0 Å². The lowest BCUT2D eigenvalue weighted by Crippen LogP contribution is -2.41. The van der Waals surface area contributed by atoms with Gasteiger partial charge < -0.3 is 9.31 Å². The summed E-state index contributed by atoms with van der Waals surface area (Å²) in [5, 5.41) is 0. The van der Waals surface area contributed by atoms with E-state index in [1.165, 1.54) is 6.08 Å². The Bertz CT molecular complexity index is 411. The topological polar surface area (TPSA) is 18.5 Å². The van der Waals surface area contributed by atoms with Gasteiger partial charge in [0.1, 0.15) is 11.6 Å². The van der Waals surface area contributed by atoms with Crippen LogP contribution in [0.1, 0.15) is 53.4 Å². The Morgan fingerprint density at radius 3 is 2.32 bits per heavy atom. The van der Waals surface area contributed by atoms with E-state index in [4.69, 9.17) is 9.31 Å². The molecule has 0 aromatic rings. The molecule has 106 valence electrons. The molecule has 0 bridgehead atoms. The van der Waals surface area contributed by atoms with Crippen molar-refractivity contribution in [2.75, 3.05) is 0 Å². The fourth-order valence-electron chi connectivity index (χ4n) is 2.24. The van der Waals surface area contributed by atoms with Gasteiger partial charge in [-0.25, -0.2) is 8.78 Å². The Morgan fingerprint density at radius 1 is 1.16 bits per heavy atom. The van der Waals surface area contributed by atoms with Crippen molar-refractivity contribution in [3.05, 3.63) is 23.2 Å². The van der Waals surface area contributed by atoms with Gasteiger partial charge in [-0.15, -0.1) is 0 Å². The molecular formula is C14H21BF2O2. The number of halogens is 2. The summed E-state index contributed by atoms with van der Waals surface area (Å²) in [5.74, 6) is -0.468. The molecule has 1 heterocycles. The van der Waals surface area contributed by atoms with Crippen molar-refractivity contribution in [3.63, 3.8) is 0 Å². The molecule has 0 N–H and O–H groups in total. The Labute approximate surface area is 114 Å². The van der Waals surface area contributed by atoms with Crippen LogP contribution in [0.5, 0.6) is 0 Å². The van der Waals surface area contributed by atoms with Crippen molar-refractivity contribution >= 4 is 7.12 Å². The molecule has 5 heteroatoms. The van der Waals surface area contributed by atoms with Gasteiger partial charge in [-0.05, 0) is 59.5 Å². The minimum Gasteiger partial charge on any atom is -0.398 e.